The highest BCUT2D eigenvalue weighted by molar-refractivity contribution is 5.82. The summed E-state index contributed by atoms with van der Waals surface area (Å²) in [6, 6.07) is -1.27. The van der Waals surface area contributed by atoms with Gasteiger partial charge < -0.3 is 25.8 Å². The summed E-state index contributed by atoms with van der Waals surface area (Å²) in [5.41, 5.74) is 5.29. The molecular formula is C9H17N3O4. The summed E-state index contributed by atoms with van der Waals surface area (Å²) in [6.07, 6.45) is 0.674. The number of rotatable bonds is 4. The van der Waals surface area contributed by atoms with Crippen molar-refractivity contribution in [3.05, 3.63) is 0 Å². The van der Waals surface area contributed by atoms with Crippen LogP contribution < -0.4 is 11.1 Å². The molecule has 1 aliphatic heterocycles. The van der Waals surface area contributed by atoms with Gasteiger partial charge in [0, 0.05) is 13.1 Å². The molecule has 1 fully saturated rings. The van der Waals surface area contributed by atoms with E-state index in [0.29, 0.717) is 32.7 Å². The Hall–Kier alpha value is -1.34. The predicted octanol–water partition coefficient (Wildman–Crippen LogP) is -1.17. The van der Waals surface area contributed by atoms with E-state index in [1.54, 1.807) is 0 Å². The number of hydrogen-bond donors (Lipinski definition) is 3. The Bertz CT molecular complexity index is 259. The van der Waals surface area contributed by atoms with Crippen LogP contribution in [-0.4, -0.2) is 60.9 Å². The molecule has 0 aliphatic carbocycles. The van der Waals surface area contributed by atoms with Gasteiger partial charge in [-0.2, -0.15) is 0 Å². The van der Waals surface area contributed by atoms with Crippen molar-refractivity contribution in [3.63, 3.8) is 0 Å². The van der Waals surface area contributed by atoms with E-state index < -0.39 is 12.0 Å². The summed E-state index contributed by atoms with van der Waals surface area (Å²) in [5.74, 6) is -1.05. The third kappa shape index (κ3) is 3.35. The summed E-state index contributed by atoms with van der Waals surface area (Å²) in [6.45, 7) is 1.66. The maximum Gasteiger partial charge on any atom is 0.328 e. The molecule has 1 saturated heterocycles. The molecule has 0 saturated carbocycles. The average molecular weight is 231 g/mol. The Morgan fingerprint density at radius 1 is 1.56 bits per heavy atom. The number of hydrogen-bond acceptors (Lipinski definition) is 4. The molecule has 1 atom stereocenters. The van der Waals surface area contributed by atoms with Crippen LogP contribution in [0, 0.1) is 0 Å². The van der Waals surface area contributed by atoms with Crippen molar-refractivity contribution in [3.8, 4) is 0 Å². The van der Waals surface area contributed by atoms with Crippen molar-refractivity contribution in [2.75, 3.05) is 32.8 Å². The predicted molar refractivity (Wildman–Crippen MR) is 56.0 cm³/mol. The molecule has 1 rings (SSSR count). The summed E-state index contributed by atoms with van der Waals surface area (Å²) in [5, 5.41) is 11.5. The van der Waals surface area contributed by atoms with Gasteiger partial charge in [0.25, 0.3) is 0 Å². The Morgan fingerprint density at radius 3 is 2.94 bits per heavy atom. The molecule has 7 heteroatoms. The summed E-state index contributed by atoms with van der Waals surface area (Å²) < 4.78 is 5.03. The number of amides is 2. The van der Waals surface area contributed by atoms with Gasteiger partial charge in [-0.15, -0.1) is 0 Å². The van der Waals surface area contributed by atoms with Gasteiger partial charge in [0.1, 0.15) is 0 Å². The van der Waals surface area contributed by atoms with Crippen LogP contribution in [0.4, 0.5) is 4.79 Å². The summed E-state index contributed by atoms with van der Waals surface area (Å²) in [7, 11) is 0. The second-order valence-electron chi connectivity index (χ2n) is 3.50. The number of carbonyl (C=O) groups is 2. The molecule has 92 valence electrons. The van der Waals surface area contributed by atoms with Crippen molar-refractivity contribution < 1.29 is 19.4 Å². The lowest BCUT2D eigenvalue weighted by Crippen LogP contribution is -2.55. The number of nitrogens with zero attached hydrogens (tertiary/aromatic N) is 1. The fourth-order valence-electron chi connectivity index (χ4n) is 1.45. The van der Waals surface area contributed by atoms with Crippen molar-refractivity contribution in [1.82, 2.24) is 10.2 Å². The monoisotopic (exact) mass is 231 g/mol. The zero-order valence-corrected chi connectivity index (χ0v) is 9.02. The molecule has 0 radical (unpaired) electrons. The topological polar surface area (TPSA) is 105 Å². The van der Waals surface area contributed by atoms with Crippen LogP contribution in [-0.2, 0) is 9.53 Å². The summed E-state index contributed by atoms with van der Waals surface area (Å²) in [4.78, 5) is 23.8. The maximum absolute atomic E-state index is 11.6. The number of carboxylic acids is 1. The van der Waals surface area contributed by atoms with E-state index in [1.807, 2.05) is 0 Å². The third-order valence-corrected chi connectivity index (χ3v) is 2.33. The molecule has 4 N–H and O–H groups in total. The molecule has 0 aromatic heterocycles. The first-order valence-corrected chi connectivity index (χ1v) is 5.22. The van der Waals surface area contributed by atoms with Crippen LogP contribution in [0.1, 0.15) is 6.42 Å². The average Bonchev–Trinajstić information content (AvgIpc) is 2.29. The molecule has 2 amide bonds. The minimum absolute atomic E-state index is 0.0413. The minimum Gasteiger partial charge on any atom is -0.480 e. The van der Waals surface area contributed by atoms with E-state index in [-0.39, 0.29) is 12.6 Å². The number of ether oxygens (including phenoxy) is 1. The Morgan fingerprint density at radius 2 is 2.31 bits per heavy atom. The van der Waals surface area contributed by atoms with E-state index in [0.717, 1.165) is 0 Å². The van der Waals surface area contributed by atoms with E-state index in [9.17, 15) is 9.59 Å². The second kappa shape index (κ2) is 6.29. The zero-order chi connectivity index (χ0) is 12.0. The van der Waals surface area contributed by atoms with Crippen LogP contribution in [0.15, 0.2) is 0 Å². The molecule has 1 aliphatic rings. The van der Waals surface area contributed by atoms with E-state index in [4.69, 9.17) is 15.6 Å². The Balaban J connectivity index is 2.47. The van der Waals surface area contributed by atoms with E-state index >= 15 is 0 Å². The number of aliphatic carboxylic acids is 1. The van der Waals surface area contributed by atoms with E-state index in [1.165, 1.54) is 4.90 Å². The lowest BCUT2D eigenvalue weighted by molar-refractivity contribution is -0.147. The molecular weight excluding hydrogens is 214 g/mol. The molecule has 0 bridgehead atoms. The highest BCUT2D eigenvalue weighted by Gasteiger charge is 2.32. The highest BCUT2D eigenvalue weighted by Crippen LogP contribution is 2.07. The van der Waals surface area contributed by atoms with Gasteiger partial charge in [0.05, 0.1) is 13.2 Å². The molecule has 0 spiro atoms. The van der Waals surface area contributed by atoms with E-state index in [2.05, 4.69) is 5.32 Å². The van der Waals surface area contributed by atoms with Crippen LogP contribution in [0.2, 0.25) is 0 Å². The minimum atomic E-state index is -1.05. The van der Waals surface area contributed by atoms with Gasteiger partial charge in [0.2, 0.25) is 0 Å². The van der Waals surface area contributed by atoms with Crippen LogP contribution in [0.5, 0.6) is 0 Å². The first-order chi connectivity index (χ1) is 7.66. The number of urea groups is 1. The molecule has 1 unspecified atom stereocenters. The SMILES string of the molecule is NCCCNC(=O)N1CCOCC1C(=O)O. The lowest BCUT2D eigenvalue weighted by Gasteiger charge is -2.32. The molecule has 7 nitrogen and oxygen atoms in total. The second-order valence-corrected chi connectivity index (χ2v) is 3.50. The van der Waals surface area contributed by atoms with Crippen molar-refractivity contribution in [2.24, 2.45) is 5.73 Å². The number of nitrogens with one attached hydrogen (secondary N) is 1. The first kappa shape index (κ1) is 12.7. The number of carboxylic acid groups (broad SMARTS) is 1. The largest absolute Gasteiger partial charge is 0.480 e. The summed E-state index contributed by atoms with van der Waals surface area (Å²) >= 11 is 0. The zero-order valence-electron chi connectivity index (χ0n) is 9.02. The van der Waals surface area contributed by atoms with Gasteiger partial charge >= 0.3 is 12.0 Å². The van der Waals surface area contributed by atoms with Gasteiger partial charge in [-0.1, -0.05) is 0 Å². The van der Waals surface area contributed by atoms with Crippen molar-refractivity contribution in [1.29, 1.82) is 0 Å². The van der Waals surface area contributed by atoms with Crippen LogP contribution >= 0.6 is 0 Å². The fraction of sp³-hybridized carbons (Fsp3) is 0.778. The number of morpholine rings is 1. The van der Waals surface area contributed by atoms with Gasteiger partial charge in [-0.3, -0.25) is 0 Å². The van der Waals surface area contributed by atoms with Crippen molar-refractivity contribution in [2.45, 2.75) is 12.5 Å². The lowest BCUT2D eigenvalue weighted by atomic mass is 10.2. The van der Waals surface area contributed by atoms with Gasteiger partial charge in [-0.25, -0.2) is 9.59 Å². The smallest absolute Gasteiger partial charge is 0.328 e. The fourth-order valence-corrected chi connectivity index (χ4v) is 1.45. The Kier molecular flexibility index (Phi) is 5.00. The normalized spacial score (nSPS) is 20.6. The molecule has 0 aromatic carbocycles. The van der Waals surface area contributed by atoms with Gasteiger partial charge in [-0.05, 0) is 13.0 Å². The standard InChI is InChI=1S/C9H17N3O4/c10-2-1-3-11-9(15)12-4-5-16-6-7(12)8(13)14/h7H,1-6,10H2,(H,11,15)(H,13,14). The molecule has 16 heavy (non-hydrogen) atoms. The molecule has 0 aromatic rings. The Labute approximate surface area is 93.5 Å². The van der Waals surface area contributed by atoms with Crippen LogP contribution in [0.3, 0.4) is 0 Å². The molecule has 1 heterocycles. The first-order valence-electron chi connectivity index (χ1n) is 5.22. The highest BCUT2D eigenvalue weighted by atomic mass is 16.5. The third-order valence-electron chi connectivity index (χ3n) is 2.33. The van der Waals surface area contributed by atoms with Crippen LogP contribution in [0.25, 0.3) is 0 Å². The van der Waals surface area contributed by atoms with Crippen molar-refractivity contribution >= 4 is 12.0 Å². The number of carbonyl (C=O) groups excluding carboxylic acids is 1. The number of nitrogens with two attached hydrogens (primary N) is 1. The van der Waals surface area contributed by atoms with Gasteiger partial charge in [0.15, 0.2) is 6.04 Å². The quantitative estimate of drug-likeness (QED) is 0.529. The maximum atomic E-state index is 11.6.